The Balaban J connectivity index is 1.66. The van der Waals surface area contributed by atoms with Crippen molar-refractivity contribution in [1.82, 2.24) is 5.32 Å². The van der Waals surface area contributed by atoms with E-state index in [4.69, 9.17) is 56.5 Å². The van der Waals surface area contributed by atoms with Crippen molar-refractivity contribution in [3.63, 3.8) is 0 Å². The number of halogens is 4. The highest BCUT2D eigenvalue weighted by Gasteiger charge is 2.35. The molecular formula is C26H18Cl3FN2O4S. The van der Waals surface area contributed by atoms with E-state index in [2.05, 4.69) is 5.32 Å². The van der Waals surface area contributed by atoms with Crippen LogP contribution in [-0.2, 0) is 16.2 Å². The van der Waals surface area contributed by atoms with Gasteiger partial charge in [0.1, 0.15) is 18.0 Å². The third kappa shape index (κ3) is 5.88. The van der Waals surface area contributed by atoms with Crippen LogP contribution in [0.5, 0.6) is 11.5 Å². The maximum Gasteiger partial charge on any atom is 0.270 e. The highest BCUT2D eigenvalue weighted by atomic mass is 35.5. The van der Waals surface area contributed by atoms with Crippen molar-refractivity contribution in [2.75, 3.05) is 11.5 Å². The number of thiocarbonyl (C=S) groups is 1. The van der Waals surface area contributed by atoms with Crippen LogP contribution in [0.15, 0.2) is 60.2 Å². The number of carbonyl (C=O) groups excluding carboxylic acids is 2. The van der Waals surface area contributed by atoms with E-state index in [1.807, 2.05) is 0 Å². The predicted octanol–water partition coefficient (Wildman–Crippen LogP) is 6.59. The zero-order valence-electron chi connectivity index (χ0n) is 19.2. The first-order valence-electron chi connectivity index (χ1n) is 10.9. The van der Waals surface area contributed by atoms with Crippen LogP contribution in [0.4, 0.5) is 10.1 Å². The van der Waals surface area contributed by atoms with Crippen molar-refractivity contribution in [2.45, 2.75) is 13.5 Å². The molecule has 1 aliphatic rings. The molecule has 1 N–H and O–H groups in total. The molecule has 190 valence electrons. The van der Waals surface area contributed by atoms with Gasteiger partial charge in [-0.15, -0.1) is 0 Å². The summed E-state index contributed by atoms with van der Waals surface area (Å²) in [5.74, 6) is -1.61. The molecule has 0 aliphatic carbocycles. The number of benzene rings is 3. The van der Waals surface area contributed by atoms with Gasteiger partial charge in [-0.2, -0.15) is 0 Å². The molecule has 6 nitrogen and oxygen atoms in total. The Kier molecular flexibility index (Phi) is 8.34. The Morgan fingerprint density at radius 2 is 1.76 bits per heavy atom. The van der Waals surface area contributed by atoms with Gasteiger partial charge in [0.2, 0.25) is 0 Å². The summed E-state index contributed by atoms with van der Waals surface area (Å²) in [6.07, 6.45) is 1.32. The van der Waals surface area contributed by atoms with E-state index in [-0.39, 0.29) is 33.8 Å². The normalized spacial score (nSPS) is 14.7. The van der Waals surface area contributed by atoms with Crippen LogP contribution in [0.2, 0.25) is 15.1 Å². The summed E-state index contributed by atoms with van der Waals surface area (Å²) < 4.78 is 26.0. The molecule has 0 aromatic heterocycles. The molecule has 3 aromatic rings. The van der Waals surface area contributed by atoms with Crippen LogP contribution in [0.25, 0.3) is 6.08 Å². The summed E-state index contributed by atoms with van der Waals surface area (Å²) in [5.41, 5.74) is 0.797. The maximum atomic E-state index is 14.4. The molecule has 4 rings (SSSR count). The second-order valence-corrected chi connectivity index (χ2v) is 9.32. The molecule has 0 bridgehead atoms. The Bertz CT molecular complexity index is 1450. The van der Waals surface area contributed by atoms with Crippen LogP contribution in [0.1, 0.15) is 18.1 Å². The number of carbonyl (C=O) groups is 2. The van der Waals surface area contributed by atoms with E-state index in [1.165, 1.54) is 30.3 Å². The molecule has 0 saturated carbocycles. The van der Waals surface area contributed by atoms with E-state index in [0.29, 0.717) is 28.0 Å². The molecule has 1 aliphatic heterocycles. The number of anilines is 1. The standard InChI is InChI=1S/C26H18Cl3FN2O4S/c1-2-35-22-12-15(11-19(29)23(22)36-13-14-7-8-17(27)18(28)10-14)9-16-24(33)31-26(37)32(25(16)34)21-6-4-3-5-20(21)30/h3-12H,2,13H2,1H3,(H,31,33,37)/b16-9+. The molecule has 1 saturated heterocycles. The number of ether oxygens (including phenoxy) is 2. The van der Waals surface area contributed by atoms with Crippen LogP contribution >= 0.6 is 47.0 Å². The molecule has 2 amide bonds. The van der Waals surface area contributed by atoms with Crippen molar-refractivity contribution in [3.05, 3.63) is 92.2 Å². The molecule has 1 heterocycles. The molecule has 3 aromatic carbocycles. The minimum absolute atomic E-state index is 0.0810. The van der Waals surface area contributed by atoms with Crippen LogP contribution in [0.3, 0.4) is 0 Å². The third-order valence-electron chi connectivity index (χ3n) is 5.20. The molecule has 37 heavy (non-hydrogen) atoms. The van der Waals surface area contributed by atoms with Gasteiger partial charge in [0.05, 0.1) is 27.4 Å². The van der Waals surface area contributed by atoms with Gasteiger partial charge in [0.15, 0.2) is 16.6 Å². The fourth-order valence-electron chi connectivity index (χ4n) is 3.54. The number of amides is 2. The molecule has 0 unspecified atom stereocenters. The number of hydrogen-bond acceptors (Lipinski definition) is 5. The topological polar surface area (TPSA) is 67.9 Å². The molecule has 0 spiro atoms. The predicted molar refractivity (Wildman–Crippen MR) is 146 cm³/mol. The van der Waals surface area contributed by atoms with Gasteiger partial charge in [-0.05, 0) is 72.7 Å². The second kappa shape index (κ2) is 11.5. The molecular weight excluding hydrogens is 562 g/mol. The van der Waals surface area contributed by atoms with E-state index < -0.39 is 17.6 Å². The van der Waals surface area contributed by atoms with E-state index in [1.54, 1.807) is 37.3 Å². The first-order chi connectivity index (χ1) is 17.7. The summed E-state index contributed by atoms with van der Waals surface area (Å²) >= 11 is 23.7. The van der Waals surface area contributed by atoms with Crippen molar-refractivity contribution in [3.8, 4) is 11.5 Å². The quantitative estimate of drug-likeness (QED) is 0.194. The lowest BCUT2D eigenvalue weighted by atomic mass is 10.1. The van der Waals surface area contributed by atoms with Gasteiger partial charge in [-0.3, -0.25) is 14.9 Å². The molecule has 11 heteroatoms. The van der Waals surface area contributed by atoms with Gasteiger partial charge in [0, 0.05) is 0 Å². The third-order valence-corrected chi connectivity index (χ3v) is 6.51. The zero-order chi connectivity index (χ0) is 26.7. The van der Waals surface area contributed by atoms with Gasteiger partial charge in [0.25, 0.3) is 11.8 Å². The zero-order valence-corrected chi connectivity index (χ0v) is 22.3. The summed E-state index contributed by atoms with van der Waals surface area (Å²) in [4.78, 5) is 26.8. The number of para-hydroxylation sites is 1. The van der Waals surface area contributed by atoms with Crippen LogP contribution in [0, 0.1) is 5.82 Å². The second-order valence-electron chi connectivity index (χ2n) is 7.71. The Morgan fingerprint density at radius 1 is 1.00 bits per heavy atom. The van der Waals surface area contributed by atoms with Crippen molar-refractivity contribution >= 4 is 75.7 Å². The van der Waals surface area contributed by atoms with E-state index >= 15 is 0 Å². The van der Waals surface area contributed by atoms with Crippen LogP contribution in [-0.4, -0.2) is 23.5 Å². The van der Waals surface area contributed by atoms with Crippen molar-refractivity contribution in [1.29, 1.82) is 0 Å². The lowest BCUT2D eigenvalue weighted by molar-refractivity contribution is -0.122. The number of nitrogens with one attached hydrogen (secondary N) is 1. The highest BCUT2D eigenvalue weighted by molar-refractivity contribution is 7.80. The molecule has 0 radical (unpaired) electrons. The van der Waals surface area contributed by atoms with Crippen LogP contribution < -0.4 is 19.7 Å². The summed E-state index contributed by atoms with van der Waals surface area (Å²) in [6, 6.07) is 13.8. The van der Waals surface area contributed by atoms with E-state index in [9.17, 15) is 14.0 Å². The lowest BCUT2D eigenvalue weighted by Gasteiger charge is -2.29. The van der Waals surface area contributed by atoms with Gasteiger partial charge < -0.3 is 9.47 Å². The monoisotopic (exact) mass is 578 g/mol. The largest absolute Gasteiger partial charge is 0.490 e. The number of hydrogen-bond donors (Lipinski definition) is 1. The number of nitrogens with zero attached hydrogens (tertiary/aromatic N) is 1. The Labute approximate surface area is 232 Å². The average Bonchev–Trinajstić information content (AvgIpc) is 2.84. The fourth-order valence-corrected chi connectivity index (χ4v) is 4.40. The van der Waals surface area contributed by atoms with Crippen molar-refractivity contribution in [2.24, 2.45) is 0 Å². The Hall–Kier alpha value is -3.17. The smallest absolute Gasteiger partial charge is 0.270 e. The Morgan fingerprint density at radius 3 is 2.46 bits per heavy atom. The lowest BCUT2D eigenvalue weighted by Crippen LogP contribution is -2.54. The summed E-state index contributed by atoms with van der Waals surface area (Å²) in [7, 11) is 0. The molecule has 1 fully saturated rings. The minimum atomic E-state index is -0.784. The maximum absolute atomic E-state index is 14.4. The van der Waals surface area contributed by atoms with Gasteiger partial charge in [-0.25, -0.2) is 9.29 Å². The minimum Gasteiger partial charge on any atom is -0.490 e. The SMILES string of the molecule is CCOc1cc(/C=C2\C(=O)NC(=S)N(c3ccccc3F)C2=O)cc(Cl)c1OCc1ccc(Cl)c(Cl)c1. The molecule has 0 atom stereocenters. The summed E-state index contributed by atoms with van der Waals surface area (Å²) in [6.45, 7) is 2.22. The van der Waals surface area contributed by atoms with E-state index in [0.717, 1.165) is 10.5 Å². The number of rotatable bonds is 7. The average molecular weight is 580 g/mol. The van der Waals surface area contributed by atoms with Gasteiger partial charge in [-0.1, -0.05) is 53.0 Å². The fraction of sp³-hybridized carbons (Fsp3) is 0.115. The van der Waals surface area contributed by atoms with Gasteiger partial charge >= 0.3 is 0 Å². The first-order valence-corrected chi connectivity index (χ1v) is 12.4. The summed E-state index contributed by atoms with van der Waals surface area (Å²) in [5, 5.41) is 3.19. The van der Waals surface area contributed by atoms with Crippen molar-refractivity contribution < 1.29 is 23.5 Å². The first kappa shape index (κ1) is 26.9. The highest BCUT2D eigenvalue weighted by Crippen LogP contribution is 2.38.